The zero-order valence-corrected chi connectivity index (χ0v) is 12.2. The molecule has 2 aromatic rings. The first kappa shape index (κ1) is 14.0. The molecule has 102 valence electrons. The quantitative estimate of drug-likeness (QED) is 0.828. The molecular weight excluding hydrogens is 282 g/mol. The third-order valence-electron chi connectivity index (χ3n) is 2.47. The lowest BCUT2D eigenvalue weighted by Crippen LogP contribution is -2.28. The van der Waals surface area contributed by atoms with Crippen LogP contribution in [0.3, 0.4) is 0 Å². The third-order valence-corrected chi connectivity index (χ3v) is 4.07. The number of aromatic nitrogens is 4. The van der Waals surface area contributed by atoms with Gasteiger partial charge in [-0.05, 0) is 6.92 Å². The lowest BCUT2D eigenvalue weighted by molar-refractivity contribution is -0.118. The van der Waals surface area contributed by atoms with E-state index in [9.17, 15) is 4.79 Å². The average molecular weight is 297 g/mol. The molecule has 0 bridgehead atoms. The summed E-state index contributed by atoms with van der Waals surface area (Å²) in [6.07, 6.45) is 5.33. The number of nitrogens with zero attached hydrogens (tertiary/aromatic N) is 4. The summed E-state index contributed by atoms with van der Waals surface area (Å²) < 4.78 is 10.2. The molecule has 0 aliphatic heterocycles. The van der Waals surface area contributed by atoms with Crippen molar-refractivity contribution in [2.45, 2.75) is 19.2 Å². The van der Waals surface area contributed by atoms with E-state index in [-0.39, 0.29) is 5.91 Å². The van der Waals surface area contributed by atoms with Crippen LogP contribution in [0.25, 0.3) is 0 Å². The SMILES string of the molecule is Cc1nsnc1CSCC(=O)NCCn1ccnc1. The first-order chi connectivity index (χ1) is 9.25. The van der Waals surface area contributed by atoms with Gasteiger partial charge in [0.05, 0.1) is 35.2 Å². The molecule has 2 rings (SSSR count). The highest BCUT2D eigenvalue weighted by Crippen LogP contribution is 2.13. The average Bonchev–Trinajstić information content (AvgIpc) is 3.02. The summed E-state index contributed by atoms with van der Waals surface area (Å²) in [6, 6.07) is 0. The molecule has 0 fully saturated rings. The van der Waals surface area contributed by atoms with Crippen molar-refractivity contribution in [3.63, 3.8) is 0 Å². The summed E-state index contributed by atoms with van der Waals surface area (Å²) >= 11 is 2.77. The molecule has 1 amide bonds. The Hall–Kier alpha value is -1.41. The van der Waals surface area contributed by atoms with E-state index in [1.807, 2.05) is 17.7 Å². The number of hydrogen-bond acceptors (Lipinski definition) is 6. The minimum atomic E-state index is 0.0472. The summed E-state index contributed by atoms with van der Waals surface area (Å²) in [5.41, 5.74) is 1.93. The summed E-state index contributed by atoms with van der Waals surface area (Å²) in [6.45, 7) is 3.29. The van der Waals surface area contributed by atoms with Crippen LogP contribution >= 0.6 is 23.5 Å². The number of thioether (sulfide) groups is 1. The second-order valence-corrected chi connectivity index (χ2v) is 5.45. The Morgan fingerprint density at radius 3 is 3.11 bits per heavy atom. The van der Waals surface area contributed by atoms with E-state index in [1.54, 1.807) is 24.3 Å². The van der Waals surface area contributed by atoms with Gasteiger partial charge in [-0.15, -0.1) is 11.8 Å². The van der Waals surface area contributed by atoms with Gasteiger partial charge in [-0.1, -0.05) is 0 Å². The van der Waals surface area contributed by atoms with Gasteiger partial charge in [0.25, 0.3) is 0 Å². The van der Waals surface area contributed by atoms with Gasteiger partial charge >= 0.3 is 0 Å². The van der Waals surface area contributed by atoms with Crippen LogP contribution in [-0.2, 0) is 17.1 Å². The molecule has 0 radical (unpaired) electrons. The Morgan fingerprint density at radius 2 is 2.42 bits per heavy atom. The molecule has 0 saturated carbocycles. The molecule has 0 aliphatic rings. The number of nitrogens with one attached hydrogen (secondary N) is 1. The minimum Gasteiger partial charge on any atom is -0.354 e. The highest BCUT2D eigenvalue weighted by Gasteiger charge is 2.05. The maximum atomic E-state index is 11.6. The first-order valence-electron chi connectivity index (χ1n) is 5.84. The van der Waals surface area contributed by atoms with E-state index in [0.29, 0.717) is 12.3 Å². The molecule has 6 nitrogen and oxygen atoms in total. The Bertz CT molecular complexity index is 511. The number of aryl methyl sites for hydroxylation is 1. The molecule has 0 unspecified atom stereocenters. The number of hydrogen-bond donors (Lipinski definition) is 1. The van der Waals surface area contributed by atoms with Gasteiger partial charge in [-0.2, -0.15) is 8.75 Å². The Balaban J connectivity index is 1.58. The molecule has 1 N–H and O–H groups in total. The topological polar surface area (TPSA) is 72.7 Å². The lowest BCUT2D eigenvalue weighted by atomic mass is 10.4. The van der Waals surface area contributed by atoms with Crippen molar-refractivity contribution in [1.82, 2.24) is 23.6 Å². The highest BCUT2D eigenvalue weighted by molar-refractivity contribution is 7.99. The Morgan fingerprint density at radius 1 is 1.53 bits per heavy atom. The standard InChI is InChI=1S/C11H15N5OS2/c1-9-10(15-19-14-9)6-18-7-11(17)13-3-5-16-4-2-12-8-16/h2,4,8H,3,5-7H2,1H3,(H,13,17). The third kappa shape index (κ3) is 4.64. The van der Waals surface area contributed by atoms with Crippen molar-refractivity contribution in [3.8, 4) is 0 Å². The van der Waals surface area contributed by atoms with E-state index in [2.05, 4.69) is 19.0 Å². The van der Waals surface area contributed by atoms with Crippen LogP contribution in [0.5, 0.6) is 0 Å². The number of imidazole rings is 1. The van der Waals surface area contributed by atoms with Gasteiger partial charge in [0, 0.05) is 31.2 Å². The van der Waals surface area contributed by atoms with Crippen LogP contribution in [0.2, 0.25) is 0 Å². The van der Waals surface area contributed by atoms with Crippen molar-refractivity contribution in [3.05, 3.63) is 30.1 Å². The Kier molecular flexibility index (Phi) is 5.34. The molecule has 19 heavy (non-hydrogen) atoms. The van der Waals surface area contributed by atoms with Crippen LogP contribution in [0.4, 0.5) is 0 Å². The van der Waals surface area contributed by atoms with E-state index >= 15 is 0 Å². The van der Waals surface area contributed by atoms with Crippen molar-refractivity contribution >= 4 is 29.4 Å². The summed E-state index contributed by atoms with van der Waals surface area (Å²) in [5, 5.41) is 2.87. The first-order valence-corrected chi connectivity index (χ1v) is 7.72. The maximum Gasteiger partial charge on any atom is 0.230 e. The molecular formula is C11H15N5OS2. The second kappa shape index (κ2) is 7.25. The molecule has 8 heteroatoms. The molecule has 0 spiro atoms. The second-order valence-electron chi connectivity index (χ2n) is 3.94. The van der Waals surface area contributed by atoms with Gasteiger partial charge < -0.3 is 9.88 Å². The lowest BCUT2D eigenvalue weighted by Gasteiger charge is -2.05. The van der Waals surface area contributed by atoms with Gasteiger partial charge in [-0.3, -0.25) is 4.79 Å². The number of amides is 1. The predicted molar refractivity (Wildman–Crippen MR) is 76.0 cm³/mol. The van der Waals surface area contributed by atoms with E-state index < -0.39 is 0 Å². The van der Waals surface area contributed by atoms with Crippen molar-refractivity contribution < 1.29 is 4.79 Å². The fourth-order valence-electron chi connectivity index (χ4n) is 1.42. The van der Waals surface area contributed by atoms with Gasteiger partial charge in [0.2, 0.25) is 5.91 Å². The van der Waals surface area contributed by atoms with Crippen LogP contribution in [0, 0.1) is 6.92 Å². The maximum absolute atomic E-state index is 11.6. The molecule has 0 saturated heterocycles. The number of carbonyl (C=O) groups excluding carboxylic acids is 1. The predicted octanol–water partition coefficient (Wildman–Crippen LogP) is 1.09. The van der Waals surface area contributed by atoms with E-state index in [0.717, 1.165) is 23.7 Å². The summed E-state index contributed by atoms with van der Waals surface area (Å²) in [4.78, 5) is 15.5. The van der Waals surface area contributed by atoms with E-state index in [4.69, 9.17) is 0 Å². The number of carbonyl (C=O) groups is 1. The molecule has 2 aromatic heterocycles. The van der Waals surface area contributed by atoms with Crippen molar-refractivity contribution in [2.24, 2.45) is 0 Å². The van der Waals surface area contributed by atoms with Crippen LogP contribution < -0.4 is 5.32 Å². The summed E-state index contributed by atoms with van der Waals surface area (Å²) in [7, 11) is 0. The fourth-order valence-corrected chi connectivity index (χ4v) is 2.92. The number of rotatable bonds is 7. The monoisotopic (exact) mass is 297 g/mol. The fraction of sp³-hybridized carbons (Fsp3) is 0.455. The largest absolute Gasteiger partial charge is 0.354 e. The molecule has 2 heterocycles. The molecule has 0 atom stereocenters. The normalized spacial score (nSPS) is 10.6. The minimum absolute atomic E-state index is 0.0472. The molecule has 0 aromatic carbocycles. The van der Waals surface area contributed by atoms with Gasteiger partial charge in [-0.25, -0.2) is 4.98 Å². The summed E-state index contributed by atoms with van der Waals surface area (Å²) in [5.74, 6) is 1.23. The van der Waals surface area contributed by atoms with Crippen molar-refractivity contribution in [1.29, 1.82) is 0 Å². The van der Waals surface area contributed by atoms with Crippen molar-refractivity contribution in [2.75, 3.05) is 12.3 Å². The smallest absolute Gasteiger partial charge is 0.230 e. The highest BCUT2D eigenvalue weighted by atomic mass is 32.2. The zero-order chi connectivity index (χ0) is 13.5. The Labute approximate surface area is 120 Å². The van der Waals surface area contributed by atoms with Crippen LogP contribution in [0.15, 0.2) is 18.7 Å². The van der Waals surface area contributed by atoms with Crippen LogP contribution in [0.1, 0.15) is 11.4 Å². The van der Waals surface area contributed by atoms with E-state index in [1.165, 1.54) is 11.7 Å². The molecule has 0 aliphatic carbocycles. The van der Waals surface area contributed by atoms with Gasteiger partial charge in [0.1, 0.15) is 0 Å². The van der Waals surface area contributed by atoms with Gasteiger partial charge in [0.15, 0.2) is 0 Å². The zero-order valence-electron chi connectivity index (χ0n) is 10.6. The van der Waals surface area contributed by atoms with Crippen LogP contribution in [-0.4, -0.2) is 36.5 Å².